The standard InChI is InChI=1S/C20H19BrN2OS/c1-2-4-16(22)5-3-12-24-17-10-11-18-19(13-17)25-23-20(18)14-6-8-15(21)9-7-14/h6-11,13,16H,3,5,12,22H2,1H3. The van der Waals surface area contributed by atoms with Gasteiger partial charge >= 0.3 is 0 Å². The molecule has 0 aliphatic carbocycles. The topological polar surface area (TPSA) is 48.1 Å². The highest BCUT2D eigenvalue weighted by molar-refractivity contribution is 9.10. The molecule has 2 N–H and O–H groups in total. The van der Waals surface area contributed by atoms with E-state index in [9.17, 15) is 0 Å². The second-order valence-corrected chi connectivity index (χ2v) is 7.41. The van der Waals surface area contributed by atoms with Crippen molar-refractivity contribution in [1.82, 2.24) is 4.37 Å². The molecule has 1 aromatic heterocycles. The molecule has 5 heteroatoms. The first kappa shape index (κ1) is 17.9. The van der Waals surface area contributed by atoms with E-state index in [1.165, 1.54) is 11.5 Å². The molecule has 3 rings (SSSR count). The predicted octanol–water partition coefficient (Wildman–Crippen LogP) is 5.24. The minimum Gasteiger partial charge on any atom is -0.494 e. The molecule has 0 aliphatic heterocycles. The van der Waals surface area contributed by atoms with Crippen LogP contribution in [0.1, 0.15) is 19.8 Å². The van der Waals surface area contributed by atoms with Crippen LogP contribution in [-0.2, 0) is 0 Å². The van der Waals surface area contributed by atoms with Gasteiger partial charge in [0.05, 0.1) is 23.0 Å². The number of benzene rings is 2. The second-order valence-electron chi connectivity index (χ2n) is 5.69. The Labute approximate surface area is 160 Å². The number of hydrogen-bond acceptors (Lipinski definition) is 4. The lowest BCUT2D eigenvalue weighted by Crippen LogP contribution is -2.18. The SMILES string of the molecule is CC#CC(N)CCCOc1ccc2c(-c3ccc(Br)cc3)nsc2c1. The first-order valence-electron chi connectivity index (χ1n) is 8.13. The van der Waals surface area contributed by atoms with Crippen molar-refractivity contribution in [2.75, 3.05) is 6.61 Å². The molecule has 2 aromatic carbocycles. The van der Waals surface area contributed by atoms with E-state index in [1.807, 2.05) is 25.1 Å². The van der Waals surface area contributed by atoms with Crippen LogP contribution in [0.25, 0.3) is 21.3 Å². The van der Waals surface area contributed by atoms with E-state index in [0.717, 1.165) is 44.4 Å². The number of aromatic nitrogens is 1. The van der Waals surface area contributed by atoms with Crippen LogP contribution in [0.5, 0.6) is 5.75 Å². The molecule has 0 spiro atoms. The molecule has 128 valence electrons. The molecule has 0 amide bonds. The van der Waals surface area contributed by atoms with Crippen LogP contribution in [0, 0.1) is 11.8 Å². The first-order chi connectivity index (χ1) is 12.2. The Hall–Kier alpha value is -1.87. The number of hydrogen-bond donors (Lipinski definition) is 1. The normalized spacial score (nSPS) is 11.8. The third-order valence-electron chi connectivity index (χ3n) is 3.82. The van der Waals surface area contributed by atoms with Crippen LogP contribution in [0.15, 0.2) is 46.9 Å². The van der Waals surface area contributed by atoms with Crippen LogP contribution in [0.2, 0.25) is 0 Å². The number of ether oxygens (including phenoxy) is 1. The average Bonchev–Trinajstić information content (AvgIpc) is 3.03. The minimum absolute atomic E-state index is 0.0638. The van der Waals surface area contributed by atoms with Gasteiger partial charge in [0.25, 0.3) is 0 Å². The van der Waals surface area contributed by atoms with Crippen LogP contribution in [0.4, 0.5) is 0 Å². The lowest BCUT2D eigenvalue weighted by Gasteiger charge is -2.07. The summed E-state index contributed by atoms with van der Waals surface area (Å²) in [5, 5.41) is 1.15. The largest absolute Gasteiger partial charge is 0.494 e. The van der Waals surface area contributed by atoms with Crippen LogP contribution in [0.3, 0.4) is 0 Å². The van der Waals surface area contributed by atoms with Crippen LogP contribution < -0.4 is 10.5 Å². The molecule has 0 saturated carbocycles. The van der Waals surface area contributed by atoms with Gasteiger partial charge in [0, 0.05) is 15.4 Å². The van der Waals surface area contributed by atoms with E-state index in [1.54, 1.807) is 0 Å². The van der Waals surface area contributed by atoms with Crippen molar-refractivity contribution in [3.8, 4) is 28.8 Å². The van der Waals surface area contributed by atoms with Crippen LogP contribution in [-0.4, -0.2) is 17.0 Å². The Morgan fingerprint density at radius 1 is 1.24 bits per heavy atom. The van der Waals surface area contributed by atoms with Gasteiger partial charge in [-0.1, -0.05) is 34.0 Å². The van der Waals surface area contributed by atoms with Gasteiger partial charge in [-0.2, -0.15) is 4.37 Å². The monoisotopic (exact) mass is 414 g/mol. The number of halogens is 1. The highest BCUT2D eigenvalue weighted by atomic mass is 79.9. The van der Waals surface area contributed by atoms with E-state index in [-0.39, 0.29) is 6.04 Å². The van der Waals surface area contributed by atoms with Crippen molar-refractivity contribution in [3.05, 3.63) is 46.9 Å². The Morgan fingerprint density at radius 3 is 2.80 bits per heavy atom. The zero-order valence-corrected chi connectivity index (χ0v) is 16.4. The highest BCUT2D eigenvalue weighted by Crippen LogP contribution is 2.33. The number of rotatable bonds is 6. The van der Waals surface area contributed by atoms with Gasteiger partial charge in [-0.25, -0.2) is 0 Å². The summed E-state index contributed by atoms with van der Waals surface area (Å²) in [6, 6.07) is 14.3. The quantitative estimate of drug-likeness (QED) is 0.443. The maximum Gasteiger partial charge on any atom is 0.120 e. The molecular formula is C20H19BrN2OS. The Bertz CT molecular complexity index is 909. The molecule has 0 saturated heterocycles. The molecule has 3 nitrogen and oxygen atoms in total. The van der Waals surface area contributed by atoms with E-state index in [4.69, 9.17) is 10.5 Å². The summed E-state index contributed by atoms with van der Waals surface area (Å²) in [5.74, 6) is 6.66. The van der Waals surface area contributed by atoms with Gasteiger partial charge in [-0.15, -0.1) is 5.92 Å². The maximum atomic E-state index is 5.87. The van der Waals surface area contributed by atoms with Gasteiger partial charge in [-0.05, 0) is 61.6 Å². The number of nitrogens with zero attached hydrogens (tertiary/aromatic N) is 1. The summed E-state index contributed by atoms with van der Waals surface area (Å²) < 4.78 is 12.7. The number of fused-ring (bicyclic) bond motifs is 1. The van der Waals surface area contributed by atoms with Crippen molar-refractivity contribution in [3.63, 3.8) is 0 Å². The molecule has 1 unspecified atom stereocenters. The Balaban J connectivity index is 1.67. The summed E-state index contributed by atoms with van der Waals surface area (Å²) in [6.07, 6.45) is 1.73. The van der Waals surface area contributed by atoms with E-state index >= 15 is 0 Å². The zero-order chi connectivity index (χ0) is 17.6. The van der Waals surface area contributed by atoms with Gasteiger partial charge in [0.2, 0.25) is 0 Å². The third kappa shape index (κ3) is 4.60. The third-order valence-corrected chi connectivity index (χ3v) is 5.16. The summed E-state index contributed by atoms with van der Waals surface area (Å²) in [7, 11) is 0. The van der Waals surface area contributed by atoms with Crippen molar-refractivity contribution in [2.45, 2.75) is 25.8 Å². The molecular weight excluding hydrogens is 396 g/mol. The first-order valence-corrected chi connectivity index (χ1v) is 9.70. The molecule has 0 aliphatic rings. The number of nitrogens with two attached hydrogens (primary N) is 1. The smallest absolute Gasteiger partial charge is 0.120 e. The van der Waals surface area contributed by atoms with Gasteiger partial charge in [-0.3, -0.25) is 0 Å². The lowest BCUT2D eigenvalue weighted by molar-refractivity contribution is 0.305. The highest BCUT2D eigenvalue weighted by Gasteiger charge is 2.09. The Morgan fingerprint density at radius 2 is 2.04 bits per heavy atom. The molecule has 1 heterocycles. The van der Waals surface area contributed by atoms with Crippen molar-refractivity contribution >= 4 is 37.5 Å². The average molecular weight is 415 g/mol. The zero-order valence-electron chi connectivity index (χ0n) is 14.0. The molecule has 25 heavy (non-hydrogen) atoms. The van der Waals surface area contributed by atoms with E-state index in [0.29, 0.717) is 6.61 Å². The van der Waals surface area contributed by atoms with E-state index < -0.39 is 0 Å². The molecule has 1 atom stereocenters. The van der Waals surface area contributed by atoms with Gasteiger partial charge < -0.3 is 10.5 Å². The van der Waals surface area contributed by atoms with E-state index in [2.05, 4.69) is 56.4 Å². The van der Waals surface area contributed by atoms with Gasteiger partial charge in [0.15, 0.2) is 0 Å². The molecule has 0 fully saturated rings. The summed E-state index contributed by atoms with van der Waals surface area (Å²) >= 11 is 4.96. The van der Waals surface area contributed by atoms with Crippen molar-refractivity contribution in [1.29, 1.82) is 0 Å². The molecule has 0 radical (unpaired) electrons. The molecule has 3 aromatic rings. The maximum absolute atomic E-state index is 5.87. The fourth-order valence-electron chi connectivity index (χ4n) is 2.57. The van der Waals surface area contributed by atoms with Gasteiger partial charge in [0.1, 0.15) is 5.75 Å². The predicted molar refractivity (Wildman–Crippen MR) is 109 cm³/mol. The lowest BCUT2D eigenvalue weighted by atomic mass is 10.1. The van der Waals surface area contributed by atoms with Crippen LogP contribution >= 0.6 is 27.5 Å². The fraction of sp³-hybridized carbons (Fsp3) is 0.250. The molecule has 0 bridgehead atoms. The Kier molecular flexibility index (Phi) is 6.09. The van der Waals surface area contributed by atoms with Crippen molar-refractivity contribution < 1.29 is 4.74 Å². The van der Waals surface area contributed by atoms with Crippen molar-refractivity contribution in [2.24, 2.45) is 5.73 Å². The summed E-state index contributed by atoms with van der Waals surface area (Å²) in [4.78, 5) is 0. The second kappa shape index (κ2) is 8.48. The summed E-state index contributed by atoms with van der Waals surface area (Å²) in [5.41, 5.74) is 8.00. The minimum atomic E-state index is -0.0638. The fourth-order valence-corrected chi connectivity index (χ4v) is 3.66. The summed E-state index contributed by atoms with van der Waals surface area (Å²) in [6.45, 7) is 2.45.